The summed E-state index contributed by atoms with van der Waals surface area (Å²) in [6.07, 6.45) is 6.35. The van der Waals surface area contributed by atoms with Crippen LogP contribution in [0.2, 0.25) is 0 Å². The largest absolute Gasteiger partial charge is 0.330 e. The molecule has 0 bridgehead atoms. The van der Waals surface area contributed by atoms with E-state index in [4.69, 9.17) is 5.73 Å². The summed E-state index contributed by atoms with van der Waals surface area (Å²) in [5.74, 6) is 0. The number of hydrogen-bond acceptors (Lipinski definition) is 2. The van der Waals surface area contributed by atoms with Gasteiger partial charge in [0.2, 0.25) is 0 Å². The van der Waals surface area contributed by atoms with Crippen molar-refractivity contribution in [1.82, 2.24) is 5.32 Å². The van der Waals surface area contributed by atoms with Gasteiger partial charge < -0.3 is 11.1 Å². The molecular weight excluding hydrogens is 184 g/mol. The van der Waals surface area contributed by atoms with E-state index in [2.05, 4.69) is 26.1 Å². The molecule has 0 aliphatic heterocycles. The minimum atomic E-state index is 0.848. The second-order valence-corrected chi connectivity index (χ2v) is 3.26. The molecule has 0 aliphatic carbocycles. The normalized spacial score (nSPS) is 8.40. The van der Waals surface area contributed by atoms with Crippen LogP contribution in [0.3, 0.4) is 0 Å². The van der Waals surface area contributed by atoms with Crippen LogP contribution < -0.4 is 11.1 Å². The van der Waals surface area contributed by atoms with Gasteiger partial charge in [-0.05, 0) is 32.5 Å². The molecule has 0 fully saturated rings. The molecule has 0 aromatic carbocycles. The molecule has 15 heavy (non-hydrogen) atoms. The number of rotatable bonds is 7. The lowest BCUT2D eigenvalue weighted by atomic mass is 10.2. The van der Waals surface area contributed by atoms with E-state index in [0.717, 1.165) is 13.1 Å². The van der Waals surface area contributed by atoms with Gasteiger partial charge in [-0.25, -0.2) is 0 Å². The summed E-state index contributed by atoms with van der Waals surface area (Å²) in [4.78, 5) is 0. The lowest BCUT2D eigenvalue weighted by molar-refractivity contribution is 0.601. The van der Waals surface area contributed by atoms with E-state index in [1.807, 2.05) is 13.8 Å². The van der Waals surface area contributed by atoms with Crippen molar-refractivity contribution < 1.29 is 0 Å². The third kappa shape index (κ3) is 41.3. The van der Waals surface area contributed by atoms with Crippen LogP contribution in [0.15, 0.2) is 0 Å². The average Bonchev–Trinajstić information content (AvgIpc) is 2.27. The van der Waals surface area contributed by atoms with Crippen LogP contribution in [-0.4, -0.2) is 19.6 Å². The summed E-state index contributed by atoms with van der Waals surface area (Å²) in [5.41, 5.74) is 5.35. The zero-order valence-electron chi connectivity index (χ0n) is 11.7. The highest BCUT2D eigenvalue weighted by Gasteiger charge is 1.86. The van der Waals surface area contributed by atoms with E-state index in [1.54, 1.807) is 0 Å². The Labute approximate surface area is 98.0 Å². The number of nitrogens with one attached hydrogen (secondary N) is 1. The molecule has 0 amide bonds. The molecule has 0 radical (unpaired) electrons. The molecule has 0 spiro atoms. The molecule has 0 heterocycles. The summed E-state index contributed by atoms with van der Waals surface area (Å²) >= 11 is 0. The average molecular weight is 218 g/mol. The van der Waals surface area contributed by atoms with Gasteiger partial charge in [0.15, 0.2) is 0 Å². The molecule has 2 nitrogen and oxygen atoms in total. The van der Waals surface area contributed by atoms with Gasteiger partial charge in [0.05, 0.1) is 0 Å². The Morgan fingerprint density at radius 1 is 0.867 bits per heavy atom. The van der Waals surface area contributed by atoms with Crippen LogP contribution in [0.25, 0.3) is 0 Å². The number of unbranched alkanes of at least 4 members (excludes halogenated alkanes) is 3. The van der Waals surface area contributed by atoms with Gasteiger partial charge in [0.25, 0.3) is 0 Å². The Balaban J connectivity index is -0.000000245. The summed E-state index contributed by atoms with van der Waals surface area (Å²) < 4.78 is 0. The zero-order valence-corrected chi connectivity index (χ0v) is 11.7. The first kappa shape index (κ1) is 20.3. The third-order valence-corrected chi connectivity index (χ3v) is 1.56. The predicted molar refractivity (Wildman–Crippen MR) is 73.4 cm³/mol. The molecule has 0 aromatic rings. The Bertz CT molecular complexity index is 57.6. The molecule has 2 heteroatoms. The van der Waals surface area contributed by atoms with Gasteiger partial charge in [0, 0.05) is 0 Å². The fraction of sp³-hybridized carbons (Fsp3) is 1.00. The highest BCUT2D eigenvalue weighted by Crippen LogP contribution is 1.96. The van der Waals surface area contributed by atoms with E-state index < -0.39 is 0 Å². The molecule has 0 saturated heterocycles. The molecule has 0 saturated carbocycles. The van der Waals surface area contributed by atoms with Gasteiger partial charge in [-0.1, -0.05) is 53.9 Å². The smallest absolute Gasteiger partial charge is 0.00490 e. The predicted octanol–water partition coefficient (Wildman–Crippen LogP) is 3.56. The fourth-order valence-corrected chi connectivity index (χ4v) is 0.925. The molecule has 0 unspecified atom stereocenters. The highest BCUT2D eigenvalue weighted by molar-refractivity contribution is 4.46. The summed E-state index contributed by atoms with van der Waals surface area (Å²) in [6.45, 7) is 13.5. The highest BCUT2D eigenvalue weighted by atomic mass is 14.8. The van der Waals surface area contributed by atoms with Gasteiger partial charge in [-0.2, -0.15) is 0 Å². The maximum Gasteiger partial charge on any atom is -0.00490 e. The van der Waals surface area contributed by atoms with Crippen LogP contribution in [0.4, 0.5) is 0 Å². The zero-order chi connectivity index (χ0) is 12.4. The lowest BCUT2D eigenvalue weighted by Crippen LogP contribution is -2.13. The van der Waals surface area contributed by atoms with Crippen molar-refractivity contribution in [3.8, 4) is 0 Å². The molecule has 96 valence electrons. The van der Waals surface area contributed by atoms with Crippen LogP contribution in [0.5, 0.6) is 0 Å². The van der Waals surface area contributed by atoms with Gasteiger partial charge >= 0.3 is 0 Å². The van der Waals surface area contributed by atoms with Crippen molar-refractivity contribution in [3.05, 3.63) is 0 Å². The SMILES string of the molecule is CC.CCC.CCNCCCCCCN. The Morgan fingerprint density at radius 2 is 1.33 bits per heavy atom. The molecule has 0 rings (SSSR count). The lowest BCUT2D eigenvalue weighted by Gasteiger charge is -1.99. The van der Waals surface area contributed by atoms with E-state index in [1.165, 1.54) is 38.6 Å². The molecule has 0 atom stereocenters. The van der Waals surface area contributed by atoms with Crippen molar-refractivity contribution in [3.63, 3.8) is 0 Å². The molecular formula is C13H34N2. The maximum absolute atomic E-state index is 5.35. The standard InChI is InChI=1S/C8H20N2.C3H8.C2H6/c1-2-10-8-6-4-3-5-7-9;1-3-2;1-2/h10H,2-9H2,1H3;3H2,1-2H3;1-2H3. The summed E-state index contributed by atoms with van der Waals surface area (Å²) in [6, 6.07) is 0. The Hall–Kier alpha value is -0.0800. The van der Waals surface area contributed by atoms with Crippen LogP contribution in [0, 0.1) is 0 Å². The molecule has 3 N–H and O–H groups in total. The second-order valence-electron chi connectivity index (χ2n) is 3.26. The Morgan fingerprint density at radius 3 is 1.73 bits per heavy atom. The van der Waals surface area contributed by atoms with Gasteiger partial charge in [-0.3, -0.25) is 0 Å². The number of nitrogens with two attached hydrogens (primary N) is 1. The number of hydrogen-bond donors (Lipinski definition) is 2. The Kier molecular flexibility index (Phi) is 39.6. The first-order valence-corrected chi connectivity index (χ1v) is 6.74. The van der Waals surface area contributed by atoms with E-state index in [0.29, 0.717) is 0 Å². The van der Waals surface area contributed by atoms with Crippen molar-refractivity contribution in [2.24, 2.45) is 5.73 Å². The van der Waals surface area contributed by atoms with E-state index >= 15 is 0 Å². The first-order valence-electron chi connectivity index (χ1n) is 6.74. The van der Waals surface area contributed by atoms with Crippen molar-refractivity contribution >= 4 is 0 Å². The van der Waals surface area contributed by atoms with Crippen LogP contribution in [-0.2, 0) is 0 Å². The van der Waals surface area contributed by atoms with Crippen molar-refractivity contribution in [2.45, 2.75) is 66.7 Å². The summed E-state index contributed by atoms with van der Waals surface area (Å²) in [5, 5.41) is 3.29. The van der Waals surface area contributed by atoms with Gasteiger partial charge in [-0.15, -0.1) is 0 Å². The maximum atomic E-state index is 5.35. The van der Waals surface area contributed by atoms with Gasteiger partial charge in [0.1, 0.15) is 0 Å². The first-order chi connectivity index (χ1) is 7.33. The summed E-state index contributed by atoms with van der Waals surface area (Å²) in [7, 11) is 0. The monoisotopic (exact) mass is 218 g/mol. The van der Waals surface area contributed by atoms with Crippen molar-refractivity contribution in [2.75, 3.05) is 19.6 Å². The van der Waals surface area contributed by atoms with Crippen LogP contribution in [0.1, 0.15) is 66.7 Å². The minimum absolute atomic E-state index is 0.848. The minimum Gasteiger partial charge on any atom is -0.330 e. The molecule has 0 aromatic heterocycles. The topological polar surface area (TPSA) is 38.0 Å². The fourth-order valence-electron chi connectivity index (χ4n) is 0.925. The van der Waals surface area contributed by atoms with Crippen LogP contribution >= 0.6 is 0 Å². The van der Waals surface area contributed by atoms with Crippen molar-refractivity contribution in [1.29, 1.82) is 0 Å². The van der Waals surface area contributed by atoms with E-state index in [-0.39, 0.29) is 0 Å². The van der Waals surface area contributed by atoms with E-state index in [9.17, 15) is 0 Å². The second kappa shape index (κ2) is 29.2. The quantitative estimate of drug-likeness (QED) is 0.641. The molecule has 0 aliphatic rings. The third-order valence-electron chi connectivity index (χ3n) is 1.56.